The van der Waals surface area contributed by atoms with Crippen molar-refractivity contribution < 1.29 is 14.8 Å². The summed E-state index contributed by atoms with van der Waals surface area (Å²) in [4.78, 5) is 26.6. The predicted molar refractivity (Wildman–Crippen MR) is 80.4 cm³/mol. The number of nitro groups is 1. The number of carbonyl (C=O) groups is 1. The van der Waals surface area contributed by atoms with Gasteiger partial charge in [-0.1, -0.05) is 23.4 Å². The summed E-state index contributed by atoms with van der Waals surface area (Å²) in [7, 11) is 0. The second-order valence-electron chi connectivity index (χ2n) is 4.03. The van der Waals surface area contributed by atoms with Crippen LogP contribution in [-0.4, -0.2) is 21.0 Å². The van der Waals surface area contributed by atoms with E-state index in [1.165, 1.54) is 17.4 Å². The van der Waals surface area contributed by atoms with E-state index in [-0.39, 0.29) is 17.1 Å². The molecule has 0 aliphatic heterocycles. The topological polar surface area (TPSA) is 93.3 Å². The molecule has 6 nitrogen and oxygen atoms in total. The van der Waals surface area contributed by atoms with Gasteiger partial charge in [-0.25, -0.2) is 4.98 Å². The maximum absolute atomic E-state index is 11.0. The maximum atomic E-state index is 11.0. The van der Waals surface area contributed by atoms with Crippen molar-refractivity contribution in [3.63, 3.8) is 0 Å². The fourth-order valence-corrected chi connectivity index (χ4v) is 3.99. The largest absolute Gasteiger partial charge is 0.481 e. The van der Waals surface area contributed by atoms with Crippen LogP contribution in [0.2, 0.25) is 5.02 Å². The minimum atomic E-state index is -0.934. The van der Waals surface area contributed by atoms with Gasteiger partial charge in [0.1, 0.15) is 0 Å². The Balaban J connectivity index is 2.30. The second kappa shape index (κ2) is 6.42. The first-order valence-corrected chi connectivity index (χ1v) is 7.68. The van der Waals surface area contributed by atoms with Crippen molar-refractivity contribution in [2.24, 2.45) is 0 Å². The normalized spacial score (nSPS) is 10.6. The number of aromatic nitrogens is 1. The summed E-state index contributed by atoms with van der Waals surface area (Å²) in [6.07, 6.45) is -0.104. The van der Waals surface area contributed by atoms with Crippen LogP contribution >= 0.6 is 34.7 Å². The number of halogens is 1. The lowest BCUT2D eigenvalue weighted by Gasteiger charge is -2.00. The molecule has 0 spiro atoms. The minimum absolute atomic E-state index is 0.0971. The first-order chi connectivity index (χ1) is 9.86. The standard InChI is InChI=1S/C12H9ClN2O4S2/c1-6-10(5-11(16)17)21-12(14-6)20-9-3-2-7(13)4-8(9)15(18)19/h2-4H,5H2,1H3,(H,16,17). The SMILES string of the molecule is Cc1nc(Sc2ccc(Cl)cc2[N+](=O)[O-])sc1CC(=O)O. The molecule has 0 saturated heterocycles. The van der Waals surface area contributed by atoms with E-state index >= 15 is 0 Å². The van der Waals surface area contributed by atoms with Crippen LogP contribution in [0.4, 0.5) is 5.69 Å². The Kier molecular flexibility index (Phi) is 4.81. The van der Waals surface area contributed by atoms with Gasteiger partial charge in [0.05, 0.1) is 21.9 Å². The number of aryl methyl sites for hydroxylation is 1. The third-order valence-electron chi connectivity index (χ3n) is 2.50. The molecule has 21 heavy (non-hydrogen) atoms. The zero-order chi connectivity index (χ0) is 15.6. The van der Waals surface area contributed by atoms with Crippen LogP contribution < -0.4 is 0 Å². The van der Waals surface area contributed by atoms with Crippen LogP contribution in [0.1, 0.15) is 10.6 Å². The number of aliphatic carboxylic acids is 1. The number of rotatable bonds is 5. The Morgan fingerprint density at radius 1 is 1.57 bits per heavy atom. The molecular formula is C12H9ClN2O4S2. The molecule has 0 fully saturated rings. The fourth-order valence-electron chi connectivity index (χ4n) is 1.56. The Morgan fingerprint density at radius 3 is 2.90 bits per heavy atom. The van der Waals surface area contributed by atoms with E-state index in [0.29, 0.717) is 19.8 Å². The summed E-state index contributed by atoms with van der Waals surface area (Å²) in [6.45, 7) is 1.72. The summed E-state index contributed by atoms with van der Waals surface area (Å²) >= 11 is 8.11. The van der Waals surface area contributed by atoms with Gasteiger partial charge in [0.15, 0.2) is 4.34 Å². The third kappa shape index (κ3) is 3.93. The molecule has 0 radical (unpaired) electrons. The van der Waals surface area contributed by atoms with Crippen LogP contribution in [0.25, 0.3) is 0 Å². The van der Waals surface area contributed by atoms with Gasteiger partial charge in [0, 0.05) is 16.0 Å². The van der Waals surface area contributed by atoms with Gasteiger partial charge < -0.3 is 5.11 Å². The van der Waals surface area contributed by atoms with E-state index < -0.39 is 10.9 Å². The summed E-state index contributed by atoms with van der Waals surface area (Å²) in [6, 6.07) is 4.40. The molecule has 0 aliphatic carbocycles. The molecule has 110 valence electrons. The maximum Gasteiger partial charge on any atom is 0.308 e. The summed E-state index contributed by atoms with van der Waals surface area (Å²) in [5.74, 6) is -0.934. The lowest BCUT2D eigenvalue weighted by atomic mass is 10.3. The molecule has 0 atom stereocenters. The van der Waals surface area contributed by atoms with E-state index in [0.717, 1.165) is 11.8 Å². The van der Waals surface area contributed by atoms with Crippen LogP contribution in [0.5, 0.6) is 0 Å². The highest BCUT2D eigenvalue weighted by Crippen LogP contribution is 2.38. The molecule has 1 aromatic heterocycles. The fraction of sp³-hybridized carbons (Fsp3) is 0.167. The smallest absolute Gasteiger partial charge is 0.308 e. The lowest BCUT2D eigenvalue weighted by molar-refractivity contribution is -0.387. The number of thiazole rings is 1. The van der Waals surface area contributed by atoms with E-state index in [1.807, 2.05) is 0 Å². The molecule has 0 bridgehead atoms. The summed E-state index contributed by atoms with van der Waals surface area (Å²) in [5, 5.41) is 20.1. The molecule has 1 N–H and O–H groups in total. The van der Waals surface area contributed by atoms with Crippen LogP contribution in [0, 0.1) is 17.0 Å². The van der Waals surface area contributed by atoms with Gasteiger partial charge in [-0.3, -0.25) is 14.9 Å². The molecule has 0 unspecified atom stereocenters. The molecule has 1 aromatic carbocycles. The highest BCUT2D eigenvalue weighted by atomic mass is 35.5. The van der Waals surface area contributed by atoms with Crippen molar-refractivity contribution in [1.29, 1.82) is 0 Å². The molecule has 9 heteroatoms. The zero-order valence-corrected chi connectivity index (χ0v) is 13.1. The summed E-state index contributed by atoms with van der Waals surface area (Å²) < 4.78 is 0.564. The number of nitrogens with zero attached hydrogens (tertiary/aromatic N) is 2. The monoisotopic (exact) mass is 344 g/mol. The highest BCUT2D eigenvalue weighted by Gasteiger charge is 2.18. The lowest BCUT2D eigenvalue weighted by Crippen LogP contribution is -1.99. The Labute approximate surface area is 132 Å². The van der Waals surface area contributed by atoms with E-state index in [2.05, 4.69) is 4.98 Å². The van der Waals surface area contributed by atoms with Crippen molar-refractivity contribution in [1.82, 2.24) is 4.98 Å². The van der Waals surface area contributed by atoms with Crippen molar-refractivity contribution >= 4 is 46.4 Å². The van der Waals surface area contributed by atoms with Gasteiger partial charge in [-0.15, -0.1) is 11.3 Å². The average Bonchev–Trinajstić information content (AvgIpc) is 2.71. The first kappa shape index (κ1) is 15.7. The molecule has 2 rings (SSSR count). The van der Waals surface area contributed by atoms with Crippen LogP contribution in [0.15, 0.2) is 27.4 Å². The van der Waals surface area contributed by atoms with Crippen LogP contribution in [-0.2, 0) is 11.2 Å². The zero-order valence-electron chi connectivity index (χ0n) is 10.7. The van der Waals surface area contributed by atoms with E-state index in [1.54, 1.807) is 19.1 Å². The third-order valence-corrected chi connectivity index (χ3v) is 5.02. The Morgan fingerprint density at radius 2 is 2.29 bits per heavy atom. The minimum Gasteiger partial charge on any atom is -0.481 e. The van der Waals surface area contributed by atoms with Gasteiger partial charge >= 0.3 is 5.97 Å². The van der Waals surface area contributed by atoms with Gasteiger partial charge in [-0.2, -0.15) is 0 Å². The quantitative estimate of drug-likeness (QED) is 0.655. The molecule has 0 amide bonds. The average molecular weight is 345 g/mol. The number of nitro benzene ring substituents is 1. The number of carboxylic acid groups (broad SMARTS) is 1. The molecule has 2 aromatic rings. The van der Waals surface area contributed by atoms with E-state index in [4.69, 9.17) is 16.7 Å². The number of hydrogen-bond donors (Lipinski definition) is 1. The van der Waals surface area contributed by atoms with Gasteiger partial charge in [-0.05, 0) is 19.1 Å². The Bertz CT molecular complexity index is 717. The van der Waals surface area contributed by atoms with Crippen molar-refractivity contribution in [2.45, 2.75) is 22.6 Å². The second-order valence-corrected chi connectivity index (χ2v) is 6.84. The van der Waals surface area contributed by atoms with Crippen molar-refractivity contribution in [2.75, 3.05) is 0 Å². The Hall–Kier alpha value is -1.64. The molecule has 0 aliphatic rings. The van der Waals surface area contributed by atoms with Gasteiger partial charge in [0.2, 0.25) is 0 Å². The van der Waals surface area contributed by atoms with E-state index in [9.17, 15) is 14.9 Å². The summed E-state index contributed by atoms with van der Waals surface area (Å²) in [5.41, 5.74) is 0.529. The molecular weight excluding hydrogens is 336 g/mol. The molecule has 1 heterocycles. The van der Waals surface area contributed by atoms with Crippen LogP contribution in [0.3, 0.4) is 0 Å². The highest BCUT2D eigenvalue weighted by molar-refractivity contribution is 8.01. The number of benzene rings is 1. The van der Waals surface area contributed by atoms with Gasteiger partial charge in [0.25, 0.3) is 5.69 Å². The molecule has 0 saturated carbocycles. The predicted octanol–water partition coefficient (Wildman–Crippen LogP) is 3.79. The number of hydrogen-bond acceptors (Lipinski definition) is 6. The number of carboxylic acids is 1. The van der Waals surface area contributed by atoms with Crippen molar-refractivity contribution in [3.05, 3.63) is 43.9 Å². The first-order valence-electron chi connectivity index (χ1n) is 5.66. The van der Waals surface area contributed by atoms with Crippen molar-refractivity contribution in [3.8, 4) is 0 Å².